The molecule has 4 aliphatic carbocycles. The van der Waals surface area contributed by atoms with Crippen molar-refractivity contribution in [3.8, 4) is 0 Å². The molecule has 0 spiro atoms. The smallest absolute Gasteiger partial charge is 0.129 e. The van der Waals surface area contributed by atoms with Crippen molar-refractivity contribution in [2.45, 2.75) is 119 Å². The maximum atomic E-state index is 5.77. The van der Waals surface area contributed by atoms with Gasteiger partial charge in [-0.25, -0.2) is 0 Å². The van der Waals surface area contributed by atoms with Crippen LogP contribution in [0, 0.1) is 46.3 Å². The second kappa shape index (κ2) is 11.9. The summed E-state index contributed by atoms with van der Waals surface area (Å²) in [4.78, 5) is 8.17. The van der Waals surface area contributed by atoms with Crippen LogP contribution in [0.1, 0.15) is 119 Å². The fourth-order valence-electron chi connectivity index (χ4n) is 9.51. The molecule has 3 fully saturated rings. The predicted octanol–water partition coefficient (Wildman–Crippen LogP) is 8.74. The fourth-order valence-corrected chi connectivity index (χ4v) is 9.51. The number of likely N-dealkylation sites (N-methyl/N-ethyl adjacent to an activating group) is 1. The second-order valence-electron chi connectivity index (χ2n) is 14.0. The largest absolute Gasteiger partial charge is 0.394 e. The molecule has 3 nitrogen and oxygen atoms in total. The Morgan fingerprint density at radius 2 is 1.75 bits per heavy atom. The van der Waals surface area contributed by atoms with Gasteiger partial charge in [-0.2, -0.15) is 0 Å². The van der Waals surface area contributed by atoms with Gasteiger partial charge in [0, 0.05) is 6.54 Å². The molecule has 0 aromatic rings. The molecule has 36 heavy (non-hydrogen) atoms. The van der Waals surface area contributed by atoms with Crippen LogP contribution in [0.25, 0.3) is 0 Å². The molecular weight excluding hydrogens is 440 g/mol. The van der Waals surface area contributed by atoms with E-state index < -0.39 is 0 Å². The van der Waals surface area contributed by atoms with Gasteiger partial charge in [-0.15, -0.1) is 0 Å². The van der Waals surface area contributed by atoms with E-state index in [9.17, 15) is 0 Å². The average Bonchev–Trinajstić information content (AvgIpc) is 3.21. The van der Waals surface area contributed by atoms with Crippen molar-refractivity contribution in [1.82, 2.24) is 4.90 Å². The third-order valence-electron chi connectivity index (χ3n) is 11.8. The lowest BCUT2D eigenvalue weighted by molar-refractivity contribution is -0.0574. The summed E-state index contributed by atoms with van der Waals surface area (Å²) in [6, 6.07) is 0. The Hall–Kier alpha value is -0.830. The third kappa shape index (κ3) is 5.62. The van der Waals surface area contributed by atoms with E-state index >= 15 is 0 Å². The Balaban J connectivity index is 1.39. The zero-order valence-electron chi connectivity index (χ0n) is 25.0. The molecule has 4 aliphatic rings. The van der Waals surface area contributed by atoms with Crippen molar-refractivity contribution in [2.24, 2.45) is 51.5 Å². The lowest BCUT2D eigenvalue weighted by Gasteiger charge is -2.58. The Labute approximate surface area is 223 Å². The van der Waals surface area contributed by atoms with Gasteiger partial charge in [0.2, 0.25) is 0 Å². The SMILES string of the molecule is CCN(CC)CCO/N=C1/C=C2CCC3C4CCC([C@H](C)CCCC(C)C)[C@@]4(C)CCC3[C@@]2(C)CC1. The lowest BCUT2D eigenvalue weighted by atomic mass is 9.46. The summed E-state index contributed by atoms with van der Waals surface area (Å²) in [5.41, 5.74) is 3.88. The van der Waals surface area contributed by atoms with Crippen molar-refractivity contribution in [3.63, 3.8) is 0 Å². The van der Waals surface area contributed by atoms with Crippen LogP contribution in [0.15, 0.2) is 16.8 Å². The van der Waals surface area contributed by atoms with E-state index in [0.29, 0.717) is 17.4 Å². The van der Waals surface area contributed by atoms with Crippen molar-refractivity contribution in [2.75, 3.05) is 26.2 Å². The number of hydrogen-bond acceptors (Lipinski definition) is 3. The molecule has 0 bridgehead atoms. The molecular formula is C33H58N2O. The van der Waals surface area contributed by atoms with Crippen molar-refractivity contribution >= 4 is 5.71 Å². The molecule has 4 rings (SSSR count). The lowest BCUT2D eigenvalue weighted by Crippen LogP contribution is -2.51. The molecule has 0 N–H and O–H groups in total. The van der Waals surface area contributed by atoms with Crippen LogP contribution in [0.5, 0.6) is 0 Å². The van der Waals surface area contributed by atoms with E-state index in [0.717, 1.165) is 61.6 Å². The van der Waals surface area contributed by atoms with Crippen LogP contribution in [-0.2, 0) is 4.84 Å². The van der Waals surface area contributed by atoms with Crippen LogP contribution in [0.4, 0.5) is 0 Å². The quantitative estimate of drug-likeness (QED) is 0.210. The van der Waals surface area contributed by atoms with E-state index in [1.54, 1.807) is 5.57 Å². The number of fused-ring (bicyclic) bond motifs is 5. The van der Waals surface area contributed by atoms with Gasteiger partial charge in [0.15, 0.2) is 0 Å². The molecule has 0 aromatic heterocycles. The monoisotopic (exact) mass is 498 g/mol. The van der Waals surface area contributed by atoms with Gasteiger partial charge in [0.1, 0.15) is 6.61 Å². The van der Waals surface area contributed by atoms with Crippen LogP contribution in [0.2, 0.25) is 0 Å². The maximum absolute atomic E-state index is 5.77. The molecule has 206 valence electrons. The van der Waals surface area contributed by atoms with Crippen molar-refractivity contribution in [1.29, 1.82) is 0 Å². The van der Waals surface area contributed by atoms with Crippen LogP contribution in [-0.4, -0.2) is 36.9 Å². The Kier molecular flexibility index (Phi) is 9.33. The summed E-state index contributed by atoms with van der Waals surface area (Å²) in [6.07, 6.45) is 17.7. The van der Waals surface area contributed by atoms with Gasteiger partial charge in [0.05, 0.1) is 5.71 Å². The van der Waals surface area contributed by atoms with Crippen molar-refractivity contribution in [3.05, 3.63) is 11.6 Å². The predicted molar refractivity (Wildman–Crippen MR) is 154 cm³/mol. The highest BCUT2D eigenvalue weighted by Gasteiger charge is 2.59. The number of nitrogens with zero attached hydrogens (tertiary/aromatic N) is 2. The standard InChI is InChI=1S/C33H58N2O/c1-8-35(9-2)21-22-36-34-27-17-19-32(6)26(23-27)13-14-28-30-16-15-29(25(5)12-10-11-24(3)4)33(30,7)20-18-31(28)32/h23-25,28-31H,8-22H2,1-7H3/b34-27+/t25-,28?,29?,30?,31?,32+,33-/m1/s1. The number of allylic oxidation sites excluding steroid dienone is 2. The number of hydrogen-bond donors (Lipinski definition) is 0. The average molecular weight is 499 g/mol. The van der Waals surface area contributed by atoms with Gasteiger partial charge in [-0.1, -0.05) is 78.5 Å². The summed E-state index contributed by atoms with van der Waals surface area (Å²) in [6.45, 7) is 21.0. The summed E-state index contributed by atoms with van der Waals surface area (Å²) in [7, 11) is 0. The molecule has 0 aliphatic heterocycles. The number of rotatable bonds is 11. The molecule has 4 unspecified atom stereocenters. The number of oxime groups is 1. The van der Waals surface area contributed by atoms with Gasteiger partial charge >= 0.3 is 0 Å². The fraction of sp³-hybridized carbons (Fsp3) is 0.909. The highest BCUT2D eigenvalue weighted by atomic mass is 16.6. The van der Waals surface area contributed by atoms with E-state index in [4.69, 9.17) is 4.84 Å². The maximum Gasteiger partial charge on any atom is 0.129 e. The minimum Gasteiger partial charge on any atom is -0.394 e. The van der Waals surface area contributed by atoms with Gasteiger partial charge in [0.25, 0.3) is 0 Å². The zero-order chi connectivity index (χ0) is 25.9. The minimum atomic E-state index is 0.394. The van der Waals surface area contributed by atoms with Gasteiger partial charge in [-0.05, 0) is 117 Å². The molecule has 0 heterocycles. The highest BCUT2D eigenvalue weighted by Crippen LogP contribution is 2.67. The van der Waals surface area contributed by atoms with Gasteiger partial charge < -0.3 is 9.74 Å². The first-order valence-electron chi connectivity index (χ1n) is 15.8. The summed E-state index contributed by atoms with van der Waals surface area (Å²) in [5.74, 6) is 5.51. The van der Waals surface area contributed by atoms with E-state index in [-0.39, 0.29) is 0 Å². The Morgan fingerprint density at radius 1 is 0.972 bits per heavy atom. The third-order valence-corrected chi connectivity index (χ3v) is 11.8. The molecule has 0 aromatic carbocycles. The van der Waals surface area contributed by atoms with Crippen LogP contribution in [0.3, 0.4) is 0 Å². The first-order valence-corrected chi connectivity index (χ1v) is 15.8. The molecule has 3 saturated carbocycles. The minimum absolute atomic E-state index is 0.394. The normalized spacial score (nSPS) is 38.0. The summed E-state index contributed by atoms with van der Waals surface area (Å²) >= 11 is 0. The summed E-state index contributed by atoms with van der Waals surface area (Å²) < 4.78 is 0. The zero-order valence-corrected chi connectivity index (χ0v) is 25.0. The molecule has 7 atom stereocenters. The molecule has 0 amide bonds. The molecule has 3 heteroatoms. The van der Waals surface area contributed by atoms with Gasteiger partial charge in [-0.3, -0.25) is 0 Å². The van der Waals surface area contributed by atoms with E-state index in [2.05, 4.69) is 64.6 Å². The highest BCUT2D eigenvalue weighted by molar-refractivity contribution is 5.96. The summed E-state index contributed by atoms with van der Waals surface area (Å²) in [5, 5.41) is 4.59. The molecule has 0 radical (unpaired) electrons. The van der Waals surface area contributed by atoms with Crippen LogP contribution >= 0.6 is 0 Å². The first-order chi connectivity index (χ1) is 17.2. The van der Waals surface area contributed by atoms with Crippen LogP contribution < -0.4 is 0 Å². The van der Waals surface area contributed by atoms with E-state index in [1.807, 2.05) is 0 Å². The van der Waals surface area contributed by atoms with E-state index in [1.165, 1.54) is 69.9 Å². The first kappa shape index (κ1) is 28.2. The topological polar surface area (TPSA) is 24.8 Å². The van der Waals surface area contributed by atoms with Crippen molar-refractivity contribution < 1.29 is 4.84 Å². The Morgan fingerprint density at radius 3 is 2.47 bits per heavy atom. The second-order valence-corrected chi connectivity index (χ2v) is 14.0. The Bertz CT molecular complexity index is 783. The molecule has 0 saturated heterocycles.